The molecule has 0 radical (unpaired) electrons. The average molecular weight is 189 g/mol. The lowest BCUT2D eigenvalue weighted by molar-refractivity contribution is 0.399. The van der Waals surface area contributed by atoms with E-state index in [9.17, 15) is 0 Å². The zero-order valence-electron chi connectivity index (χ0n) is 8.92. The van der Waals surface area contributed by atoms with Crippen LogP contribution in [0.15, 0.2) is 24.3 Å². The fraction of sp³-hybridized carbons (Fsp3) is 0.538. The van der Waals surface area contributed by atoms with Gasteiger partial charge in [0.2, 0.25) is 0 Å². The van der Waals surface area contributed by atoms with Crippen LogP contribution in [-0.2, 0) is 6.42 Å². The summed E-state index contributed by atoms with van der Waals surface area (Å²) < 4.78 is 0. The first kappa shape index (κ1) is 9.72. The molecule has 1 aliphatic rings. The second-order valence-electron chi connectivity index (χ2n) is 4.34. The number of rotatable bonds is 2. The third-order valence-electron chi connectivity index (χ3n) is 3.02. The van der Waals surface area contributed by atoms with Gasteiger partial charge >= 0.3 is 0 Å². The number of benzene rings is 1. The molecule has 0 amide bonds. The molecular formula is C13H19N. The smallest absolute Gasteiger partial charge is 0.0107 e. The Balaban J connectivity index is 1.92. The summed E-state index contributed by atoms with van der Waals surface area (Å²) in [6, 6.07) is 9.64. The molecule has 14 heavy (non-hydrogen) atoms. The first-order valence-electron chi connectivity index (χ1n) is 5.63. The molecule has 76 valence electrons. The average Bonchev–Trinajstić information content (AvgIpc) is 2.23. The van der Waals surface area contributed by atoms with Gasteiger partial charge in [-0.15, -0.1) is 0 Å². The van der Waals surface area contributed by atoms with Crippen LogP contribution in [0.3, 0.4) is 0 Å². The normalized spacial score (nSPS) is 22.2. The van der Waals surface area contributed by atoms with Crippen molar-refractivity contribution in [1.29, 1.82) is 0 Å². The Morgan fingerprint density at radius 1 is 1.21 bits per heavy atom. The molecule has 1 nitrogen and oxygen atoms in total. The van der Waals surface area contributed by atoms with Gasteiger partial charge in [0.25, 0.3) is 0 Å². The van der Waals surface area contributed by atoms with E-state index in [1.165, 1.54) is 43.4 Å². The van der Waals surface area contributed by atoms with Crippen LogP contribution >= 0.6 is 0 Å². The van der Waals surface area contributed by atoms with Crippen LogP contribution in [0.25, 0.3) is 0 Å². The van der Waals surface area contributed by atoms with E-state index in [4.69, 9.17) is 0 Å². The van der Waals surface area contributed by atoms with Gasteiger partial charge in [-0.2, -0.15) is 0 Å². The topological polar surface area (TPSA) is 12.0 Å². The van der Waals surface area contributed by atoms with Crippen LogP contribution in [0.5, 0.6) is 0 Å². The molecule has 1 aliphatic heterocycles. The van der Waals surface area contributed by atoms with Crippen molar-refractivity contribution >= 4 is 0 Å². The Hall–Kier alpha value is -0.820. The number of hydrogen-bond donors (Lipinski definition) is 1. The zero-order valence-corrected chi connectivity index (χ0v) is 8.92. The minimum absolute atomic E-state index is 0.714. The number of hydrogen-bond acceptors (Lipinski definition) is 1. The number of piperidine rings is 1. The van der Waals surface area contributed by atoms with Gasteiger partial charge < -0.3 is 5.32 Å². The Morgan fingerprint density at radius 3 is 2.64 bits per heavy atom. The highest BCUT2D eigenvalue weighted by Crippen LogP contribution is 2.13. The molecule has 0 aromatic heterocycles. The highest BCUT2D eigenvalue weighted by atomic mass is 14.9. The van der Waals surface area contributed by atoms with Crippen molar-refractivity contribution in [1.82, 2.24) is 5.32 Å². The van der Waals surface area contributed by atoms with E-state index in [0.717, 1.165) is 0 Å². The summed E-state index contributed by atoms with van der Waals surface area (Å²) in [5.41, 5.74) is 2.82. The molecule has 1 unspecified atom stereocenters. The maximum absolute atomic E-state index is 3.58. The molecule has 1 N–H and O–H groups in total. The molecule has 0 spiro atoms. The van der Waals surface area contributed by atoms with E-state index in [1.54, 1.807) is 0 Å². The summed E-state index contributed by atoms with van der Waals surface area (Å²) in [7, 11) is 0. The monoisotopic (exact) mass is 189 g/mol. The van der Waals surface area contributed by atoms with Crippen LogP contribution in [-0.4, -0.2) is 12.6 Å². The first-order chi connectivity index (χ1) is 6.84. The molecule has 1 heteroatoms. The highest BCUT2D eigenvalue weighted by Gasteiger charge is 2.12. The lowest BCUT2D eigenvalue weighted by atomic mass is 9.97. The Morgan fingerprint density at radius 2 is 2.00 bits per heavy atom. The van der Waals surface area contributed by atoms with Crippen molar-refractivity contribution in [3.63, 3.8) is 0 Å². The van der Waals surface area contributed by atoms with Crippen molar-refractivity contribution in [2.75, 3.05) is 6.54 Å². The van der Waals surface area contributed by atoms with Gasteiger partial charge in [-0.05, 0) is 38.3 Å². The summed E-state index contributed by atoms with van der Waals surface area (Å²) in [6.45, 7) is 3.35. The minimum atomic E-state index is 0.714. The molecule has 0 saturated carbocycles. The van der Waals surface area contributed by atoms with E-state index in [1.807, 2.05) is 0 Å². The molecule has 2 rings (SSSR count). The molecule has 1 aromatic carbocycles. The summed E-state index contributed by atoms with van der Waals surface area (Å²) in [5.74, 6) is 0. The molecular weight excluding hydrogens is 170 g/mol. The largest absolute Gasteiger partial charge is 0.314 e. The van der Waals surface area contributed by atoms with E-state index in [2.05, 4.69) is 36.5 Å². The second kappa shape index (κ2) is 4.61. The Kier molecular flexibility index (Phi) is 3.20. The summed E-state index contributed by atoms with van der Waals surface area (Å²) in [6.07, 6.45) is 5.28. The minimum Gasteiger partial charge on any atom is -0.314 e. The standard InChI is InChI=1S/C13H19N/c1-11-5-7-12(8-6-11)10-13-4-2-3-9-14-13/h5-8,13-14H,2-4,9-10H2,1H3. The summed E-state index contributed by atoms with van der Waals surface area (Å²) >= 11 is 0. The number of aryl methyl sites for hydroxylation is 1. The highest BCUT2D eigenvalue weighted by molar-refractivity contribution is 5.22. The first-order valence-corrected chi connectivity index (χ1v) is 5.63. The third-order valence-corrected chi connectivity index (χ3v) is 3.02. The maximum Gasteiger partial charge on any atom is 0.0107 e. The molecule has 0 aliphatic carbocycles. The quantitative estimate of drug-likeness (QED) is 0.754. The van der Waals surface area contributed by atoms with E-state index in [0.29, 0.717) is 6.04 Å². The fourth-order valence-corrected chi connectivity index (χ4v) is 2.11. The zero-order chi connectivity index (χ0) is 9.80. The van der Waals surface area contributed by atoms with E-state index < -0.39 is 0 Å². The van der Waals surface area contributed by atoms with Crippen molar-refractivity contribution < 1.29 is 0 Å². The van der Waals surface area contributed by atoms with Crippen LogP contribution in [0, 0.1) is 6.92 Å². The van der Waals surface area contributed by atoms with Crippen LogP contribution in [0.4, 0.5) is 0 Å². The van der Waals surface area contributed by atoms with Gasteiger partial charge in [0.05, 0.1) is 0 Å². The van der Waals surface area contributed by atoms with Gasteiger partial charge in [-0.1, -0.05) is 36.2 Å². The molecule has 1 aromatic rings. The van der Waals surface area contributed by atoms with E-state index in [-0.39, 0.29) is 0 Å². The van der Waals surface area contributed by atoms with E-state index >= 15 is 0 Å². The molecule has 1 fully saturated rings. The van der Waals surface area contributed by atoms with Gasteiger partial charge in [-0.25, -0.2) is 0 Å². The predicted octanol–water partition coefficient (Wildman–Crippen LogP) is 2.68. The molecule has 0 bridgehead atoms. The van der Waals surface area contributed by atoms with Crippen molar-refractivity contribution in [3.05, 3.63) is 35.4 Å². The van der Waals surface area contributed by atoms with Crippen LogP contribution in [0.1, 0.15) is 30.4 Å². The van der Waals surface area contributed by atoms with Gasteiger partial charge in [-0.3, -0.25) is 0 Å². The maximum atomic E-state index is 3.58. The SMILES string of the molecule is Cc1ccc(CC2CCCCN2)cc1. The lowest BCUT2D eigenvalue weighted by Crippen LogP contribution is -2.35. The van der Waals surface area contributed by atoms with Crippen molar-refractivity contribution in [3.8, 4) is 0 Å². The number of nitrogens with one attached hydrogen (secondary N) is 1. The predicted molar refractivity (Wildman–Crippen MR) is 60.5 cm³/mol. The Labute approximate surface area is 86.5 Å². The lowest BCUT2D eigenvalue weighted by Gasteiger charge is -2.23. The van der Waals surface area contributed by atoms with Gasteiger partial charge in [0, 0.05) is 6.04 Å². The van der Waals surface area contributed by atoms with Crippen molar-refractivity contribution in [2.24, 2.45) is 0 Å². The van der Waals surface area contributed by atoms with Crippen LogP contribution in [0.2, 0.25) is 0 Å². The van der Waals surface area contributed by atoms with Gasteiger partial charge in [0.15, 0.2) is 0 Å². The van der Waals surface area contributed by atoms with Gasteiger partial charge in [0.1, 0.15) is 0 Å². The van der Waals surface area contributed by atoms with Crippen LogP contribution < -0.4 is 5.32 Å². The fourth-order valence-electron chi connectivity index (χ4n) is 2.11. The second-order valence-corrected chi connectivity index (χ2v) is 4.34. The third kappa shape index (κ3) is 2.58. The van der Waals surface area contributed by atoms with Crippen molar-refractivity contribution in [2.45, 2.75) is 38.6 Å². The summed E-state index contributed by atoms with van der Waals surface area (Å²) in [4.78, 5) is 0. The molecule has 1 atom stereocenters. The molecule has 1 heterocycles. The summed E-state index contributed by atoms with van der Waals surface area (Å²) in [5, 5.41) is 3.58. The molecule has 1 saturated heterocycles. The Bertz CT molecular complexity index is 270.